The van der Waals surface area contributed by atoms with E-state index in [9.17, 15) is 17.6 Å². The van der Waals surface area contributed by atoms with Gasteiger partial charge in [-0.15, -0.1) is 11.3 Å². The van der Waals surface area contributed by atoms with E-state index < -0.39 is 21.8 Å². The van der Waals surface area contributed by atoms with E-state index >= 15 is 0 Å². The van der Waals surface area contributed by atoms with Crippen molar-refractivity contribution in [3.05, 3.63) is 47.1 Å². The van der Waals surface area contributed by atoms with Crippen molar-refractivity contribution in [3.63, 3.8) is 0 Å². The Balaban J connectivity index is 1.67. The topological polar surface area (TPSA) is 66.9 Å². The summed E-state index contributed by atoms with van der Waals surface area (Å²) in [7, 11) is -0.520. The monoisotopic (exact) mass is 426 g/mol. The first-order valence-electron chi connectivity index (χ1n) is 8.94. The molecule has 0 spiro atoms. The number of thiophene rings is 1. The molecule has 28 heavy (non-hydrogen) atoms. The minimum absolute atomic E-state index is 0.137. The quantitative estimate of drug-likeness (QED) is 0.712. The molecule has 2 aromatic rings. The Kier molecular flexibility index (Phi) is 6.36. The van der Waals surface area contributed by atoms with Crippen LogP contribution in [0.1, 0.15) is 18.4 Å². The van der Waals surface area contributed by atoms with Gasteiger partial charge in [0.15, 0.2) is 11.6 Å². The summed E-state index contributed by atoms with van der Waals surface area (Å²) in [5.74, 6) is -0.870. The first-order valence-corrected chi connectivity index (χ1v) is 11.3. The minimum atomic E-state index is -3.57. The molecule has 0 N–H and O–H groups in total. The van der Waals surface area contributed by atoms with Crippen LogP contribution in [0.4, 0.5) is 4.39 Å². The number of sulfonamides is 1. The van der Waals surface area contributed by atoms with Crippen molar-refractivity contribution >= 4 is 27.3 Å². The molecule has 2 heterocycles. The third kappa shape index (κ3) is 4.37. The molecule has 1 atom stereocenters. The molecule has 1 aromatic heterocycles. The zero-order valence-electron chi connectivity index (χ0n) is 15.8. The van der Waals surface area contributed by atoms with Gasteiger partial charge in [0, 0.05) is 26.7 Å². The fraction of sp³-hybridized carbons (Fsp3) is 0.421. The highest BCUT2D eigenvalue weighted by atomic mass is 32.2. The molecule has 1 saturated heterocycles. The van der Waals surface area contributed by atoms with Gasteiger partial charge in [-0.3, -0.25) is 4.79 Å². The zero-order chi connectivity index (χ0) is 20.3. The van der Waals surface area contributed by atoms with E-state index in [-0.39, 0.29) is 24.7 Å². The van der Waals surface area contributed by atoms with Crippen molar-refractivity contribution < 1.29 is 22.3 Å². The van der Waals surface area contributed by atoms with Crippen LogP contribution in [-0.2, 0) is 21.4 Å². The predicted molar refractivity (Wildman–Crippen MR) is 105 cm³/mol. The highest BCUT2D eigenvalue weighted by molar-refractivity contribution is 7.91. The number of hydrogen-bond acceptors (Lipinski definition) is 5. The number of rotatable bonds is 6. The molecule has 1 aliphatic heterocycles. The smallest absolute Gasteiger partial charge is 0.252 e. The second-order valence-electron chi connectivity index (χ2n) is 6.80. The minimum Gasteiger partial charge on any atom is -0.494 e. The zero-order valence-corrected chi connectivity index (χ0v) is 17.4. The number of hydrogen-bond donors (Lipinski definition) is 0. The van der Waals surface area contributed by atoms with Crippen LogP contribution >= 0.6 is 11.3 Å². The maximum atomic E-state index is 13.9. The SMILES string of the molecule is COc1ccc(CN(C)C(=O)C2CCCN(S(=O)(=O)c3cccs3)C2)cc1F. The van der Waals surface area contributed by atoms with Crippen LogP contribution in [0.5, 0.6) is 5.75 Å². The Hall–Kier alpha value is -1.97. The van der Waals surface area contributed by atoms with E-state index in [1.54, 1.807) is 30.6 Å². The van der Waals surface area contributed by atoms with E-state index in [0.717, 1.165) is 0 Å². The molecule has 1 amide bonds. The van der Waals surface area contributed by atoms with E-state index in [0.29, 0.717) is 29.2 Å². The first kappa shape index (κ1) is 20.8. The highest BCUT2D eigenvalue weighted by Gasteiger charge is 2.34. The highest BCUT2D eigenvalue weighted by Crippen LogP contribution is 2.27. The summed E-state index contributed by atoms with van der Waals surface area (Å²) < 4.78 is 45.9. The first-order chi connectivity index (χ1) is 13.3. The molecule has 0 bridgehead atoms. The Morgan fingerprint density at radius 3 is 2.82 bits per heavy atom. The predicted octanol–water partition coefficient (Wildman–Crippen LogP) is 2.96. The van der Waals surface area contributed by atoms with E-state index in [1.807, 2.05) is 0 Å². The average molecular weight is 427 g/mol. The summed E-state index contributed by atoms with van der Waals surface area (Å²) >= 11 is 1.17. The molecule has 1 unspecified atom stereocenters. The van der Waals surface area contributed by atoms with Crippen LogP contribution < -0.4 is 4.74 Å². The van der Waals surface area contributed by atoms with Gasteiger partial charge in [-0.25, -0.2) is 12.8 Å². The Morgan fingerprint density at radius 2 is 2.18 bits per heavy atom. The number of piperidine rings is 1. The van der Waals surface area contributed by atoms with Crippen molar-refractivity contribution in [1.29, 1.82) is 0 Å². The molecule has 1 aromatic carbocycles. The van der Waals surface area contributed by atoms with Gasteiger partial charge in [-0.1, -0.05) is 12.1 Å². The van der Waals surface area contributed by atoms with Gasteiger partial charge >= 0.3 is 0 Å². The summed E-state index contributed by atoms with van der Waals surface area (Å²) in [4.78, 5) is 14.4. The normalized spacial score (nSPS) is 18.0. The fourth-order valence-electron chi connectivity index (χ4n) is 3.37. The third-order valence-electron chi connectivity index (χ3n) is 4.83. The lowest BCUT2D eigenvalue weighted by Crippen LogP contribution is -2.45. The van der Waals surface area contributed by atoms with Gasteiger partial charge in [0.1, 0.15) is 4.21 Å². The number of benzene rings is 1. The van der Waals surface area contributed by atoms with Gasteiger partial charge in [-0.2, -0.15) is 4.31 Å². The molecule has 0 aliphatic carbocycles. The van der Waals surface area contributed by atoms with Crippen molar-refractivity contribution in [1.82, 2.24) is 9.21 Å². The molecule has 9 heteroatoms. The molecule has 0 radical (unpaired) electrons. The van der Waals surface area contributed by atoms with Crippen LogP contribution in [0.2, 0.25) is 0 Å². The van der Waals surface area contributed by atoms with Crippen LogP contribution in [0.15, 0.2) is 39.9 Å². The maximum absolute atomic E-state index is 13.9. The second-order valence-corrected chi connectivity index (χ2v) is 9.91. The summed E-state index contributed by atoms with van der Waals surface area (Å²) in [5.41, 5.74) is 0.646. The van der Waals surface area contributed by atoms with Crippen LogP contribution in [0.25, 0.3) is 0 Å². The summed E-state index contributed by atoms with van der Waals surface area (Å²) in [6.07, 6.45) is 1.27. The lowest BCUT2D eigenvalue weighted by Gasteiger charge is -2.33. The number of carbonyl (C=O) groups excluding carboxylic acids is 1. The van der Waals surface area contributed by atoms with Crippen molar-refractivity contribution in [2.24, 2.45) is 5.92 Å². The molecular weight excluding hydrogens is 403 g/mol. The Bertz CT molecular complexity index is 931. The fourth-order valence-corrected chi connectivity index (χ4v) is 6.04. The van der Waals surface area contributed by atoms with Crippen LogP contribution in [0, 0.1) is 11.7 Å². The largest absolute Gasteiger partial charge is 0.494 e. The average Bonchev–Trinajstić information content (AvgIpc) is 3.23. The summed E-state index contributed by atoms with van der Waals surface area (Å²) in [6.45, 7) is 0.825. The molecule has 1 fully saturated rings. The van der Waals surface area contributed by atoms with Crippen LogP contribution in [-0.4, -0.2) is 50.8 Å². The molecule has 0 saturated carbocycles. The van der Waals surface area contributed by atoms with Crippen molar-refractivity contribution in [2.75, 3.05) is 27.2 Å². The lowest BCUT2D eigenvalue weighted by molar-refractivity contribution is -0.135. The van der Waals surface area contributed by atoms with Gasteiger partial charge < -0.3 is 9.64 Å². The molecule has 6 nitrogen and oxygen atoms in total. The molecule has 152 valence electrons. The van der Waals surface area contributed by atoms with Gasteiger partial charge in [0.25, 0.3) is 10.0 Å². The van der Waals surface area contributed by atoms with Gasteiger partial charge in [0.2, 0.25) is 5.91 Å². The number of ether oxygens (including phenoxy) is 1. The number of halogens is 1. The Labute approximate surface area is 168 Å². The van der Waals surface area contributed by atoms with E-state index in [4.69, 9.17) is 4.74 Å². The number of methoxy groups -OCH3 is 1. The summed E-state index contributed by atoms with van der Waals surface area (Å²) in [5, 5.41) is 1.72. The number of carbonyl (C=O) groups is 1. The molecular formula is C19H23FN2O4S2. The van der Waals surface area contributed by atoms with Crippen molar-refractivity contribution in [2.45, 2.75) is 23.6 Å². The second kappa shape index (κ2) is 8.59. The van der Waals surface area contributed by atoms with Gasteiger partial charge in [-0.05, 0) is 42.0 Å². The molecule has 3 rings (SSSR count). The number of nitrogens with zero attached hydrogens (tertiary/aromatic N) is 2. The lowest BCUT2D eigenvalue weighted by atomic mass is 9.98. The maximum Gasteiger partial charge on any atom is 0.252 e. The van der Waals surface area contributed by atoms with Crippen molar-refractivity contribution in [3.8, 4) is 5.75 Å². The molecule has 1 aliphatic rings. The third-order valence-corrected chi connectivity index (χ3v) is 8.07. The number of amides is 1. The van der Waals surface area contributed by atoms with Gasteiger partial charge in [0.05, 0.1) is 13.0 Å². The summed E-state index contributed by atoms with van der Waals surface area (Å²) in [6, 6.07) is 7.86. The standard InChI is InChI=1S/C19H23FN2O4S2/c1-21(12-14-7-8-17(26-2)16(20)11-14)19(23)15-5-3-9-22(13-15)28(24,25)18-6-4-10-27-18/h4,6-8,10-11,15H,3,5,9,12-13H2,1-2H3. The van der Waals surface area contributed by atoms with E-state index in [2.05, 4.69) is 0 Å². The Morgan fingerprint density at radius 1 is 1.39 bits per heavy atom. The van der Waals surface area contributed by atoms with E-state index in [1.165, 1.54) is 39.8 Å². The van der Waals surface area contributed by atoms with Crippen LogP contribution in [0.3, 0.4) is 0 Å².